The molecule has 3 unspecified atom stereocenters. The lowest BCUT2D eigenvalue weighted by molar-refractivity contribution is -0.870. The predicted octanol–water partition coefficient (Wildman–Crippen LogP) is 22.6. The Morgan fingerprint density at radius 1 is 0.417 bits per heavy atom. The smallest absolute Gasteiger partial charge is 0.306 e. The maximum Gasteiger partial charge on any atom is 0.306 e. The number of rotatable bonds is 67. The molecule has 494 valence electrons. The van der Waals surface area contributed by atoms with Gasteiger partial charge in [0.05, 0.1) is 33.8 Å². The molecular weight excluding hydrogens is 1060 g/mol. The fourth-order valence-electron chi connectivity index (χ4n) is 10.8. The van der Waals surface area contributed by atoms with Gasteiger partial charge in [-0.1, -0.05) is 307 Å². The molecule has 0 saturated heterocycles. The van der Waals surface area contributed by atoms with Gasteiger partial charge in [-0.25, -0.2) is 0 Å². The van der Waals surface area contributed by atoms with Crippen LogP contribution in [0.5, 0.6) is 0 Å². The number of phosphoric ester groups is 1. The quantitative estimate of drug-likeness (QED) is 0.0212. The van der Waals surface area contributed by atoms with Crippen molar-refractivity contribution in [3.05, 3.63) is 48.6 Å². The Labute approximate surface area is 522 Å². The molecule has 0 aliphatic heterocycles. The fraction of sp³-hybridized carbons (Fsp3) is 0.865. The number of nitrogens with one attached hydrogen (secondary N) is 1. The number of amides is 1. The van der Waals surface area contributed by atoms with Gasteiger partial charge in [-0.3, -0.25) is 14.2 Å². The van der Waals surface area contributed by atoms with E-state index >= 15 is 0 Å². The van der Waals surface area contributed by atoms with E-state index in [2.05, 4.69) is 62.5 Å². The van der Waals surface area contributed by atoms with E-state index in [4.69, 9.17) is 13.8 Å². The Bertz CT molecular complexity index is 1570. The zero-order chi connectivity index (χ0) is 61.4. The molecule has 0 heterocycles. The minimum atomic E-state index is -4.70. The second-order valence-corrected chi connectivity index (χ2v) is 27.5. The zero-order valence-electron chi connectivity index (χ0n) is 56.6. The van der Waals surface area contributed by atoms with Crippen LogP contribution in [-0.2, 0) is 27.9 Å². The van der Waals surface area contributed by atoms with Crippen LogP contribution < -0.4 is 10.2 Å². The summed E-state index contributed by atoms with van der Waals surface area (Å²) in [4.78, 5) is 40.2. The number of ether oxygens (including phenoxy) is 1. The molecule has 0 aliphatic rings. The van der Waals surface area contributed by atoms with E-state index < -0.39 is 20.0 Å². The Kier molecular flexibility index (Phi) is 62.4. The number of esters is 1. The molecule has 1 amide bonds. The summed E-state index contributed by atoms with van der Waals surface area (Å²) in [5.41, 5.74) is 0. The third-order valence-electron chi connectivity index (χ3n) is 16.5. The largest absolute Gasteiger partial charge is 0.756 e. The highest BCUT2D eigenvalue weighted by Gasteiger charge is 2.27. The van der Waals surface area contributed by atoms with Gasteiger partial charge in [0.2, 0.25) is 5.91 Å². The van der Waals surface area contributed by atoms with E-state index in [-0.39, 0.29) is 31.5 Å². The molecule has 10 heteroatoms. The highest BCUT2D eigenvalue weighted by atomic mass is 31.2. The standard InChI is InChI=1S/C74H141N2O7P/c1-7-10-13-16-19-22-25-28-30-32-34-36-38-40-42-44-46-48-51-54-57-60-63-66-73(77)75-71(70-82-84(79,80)81-69-68-76(4,5)6)72(65-62-59-56-53-50-27-24-21-18-15-12-9-3)83-74(78)67-64-61-58-55-52-49-47-45-43-41-39-37-35-33-31-29-26-23-20-17-14-11-8-2/h20,23,28-31,62,65,71-72H,7-19,21-22,24-27,32-61,63-64,66-70H2,1-6H3,(H-,75,77,79,80)/b23-20-,30-28+,31-29-,65-62+. The molecule has 3 atom stereocenters. The van der Waals surface area contributed by atoms with E-state index in [9.17, 15) is 19.0 Å². The molecule has 0 fully saturated rings. The number of allylic oxidation sites excluding steroid dienone is 7. The molecule has 0 spiro atoms. The minimum Gasteiger partial charge on any atom is -0.756 e. The molecule has 0 radical (unpaired) electrons. The first-order valence-electron chi connectivity index (χ1n) is 36.4. The lowest BCUT2D eigenvalue weighted by Gasteiger charge is -2.30. The maximum absolute atomic E-state index is 13.6. The molecule has 0 aliphatic carbocycles. The van der Waals surface area contributed by atoms with Gasteiger partial charge in [0, 0.05) is 12.8 Å². The number of nitrogens with zero attached hydrogens (tertiary/aromatic N) is 1. The van der Waals surface area contributed by atoms with Crippen LogP contribution in [0.4, 0.5) is 0 Å². The molecule has 0 aromatic carbocycles. The molecule has 0 rings (SSSR count). The van der Waals surface area contributed by atoms with Crippen molar-refractivity contribution in [2.24, 2.45) is 0 Å². The maximum atomic E-state index is 13.6. The number of likely N-dealkylation sites (N-methyl/N-ethyl adjacent to an activating group) is 1. The lowest BCUT2D eigenvalue weighted by atomic mass is 10.0. The molecule has 1 N–H and O–H groups in total. The second-order valence-electron chi connectivity index (χ2n) is 26.1. The van der Waals surface area contributed by atoms with Crippen LogP contribution in [0, 0.1) is 0 Å². The molecular formula is C74H141N2O7P. The molecule has 84 heavy (non-hydrogen) atoms. The van der Waals surface area contributed by atoms with Crippen LogP contribution in [0.2, 0.25) is 0 Å². The average Bonchev–Trinajstić information content (AvgIpc) is 3.65. The van der Waals surface area contributed by atoms with E-state index in [0.29, 0.717) is 17.4 Å². The van der Waals surface area contributed by atoms with Crippen molar-refractivity contribution in [3.63, 3.8) is 0 Å². The Hall–Kier alpha value is -2.03. The van der Waals surface area contributed by atoms with Crippen molar-refractivity contribution < 1.29 is 37.3 Å². The third kappa shape index (κ3) is 64.4. The van der Waals surface area contributed by atoms with Crippen LogP contribution in [-0.4, -0.2) is 69.4 Å². The summed E-state index contributed by atoms with van der Waals surface area (Å²) < 4.78 is 30.5. The van der Waals surface area contributed by atoms with Crippen LogP contribution in [0.25, 0.3) is 0 Å². The predicted molar refractivity (Wildman–Crippen MR) is 363 cm³/mol. The topological polar surface area (TPSA) is 114 Å². The van der Waals surface area contributed by atoms with Gasteiger partial charge in [-0.2, -0.15) is 0 Å². The minimum absolute atomic E-state index is 0.0207. The summed E-state index contributed by atoms with van der Waals surface area (Å²) in [5, 5.41) is 3.05. The Balaban J connectivity index is 5.02. The van der Waals surface area contributed by atoms with Crippen molar-refractivity contribution in [1.82, 2.24) is 5.32 Å². The van der Waals surface area contributed by atoms with Crippen LogP contribution in [0.3, 0.4) is 0 Å². The lowest BCUT2D eigenvalue weighted by Crippen LogP contribution is -2.47. The van der Waals surface area contributed by atoms with Crippen molar-refractivity contribution >= 4 is 19.7 Å². The van der Waals surface area contributed by atoms with Crippen LogP contribution in [0.1, 0.15) is 361 Å². The average molecular weight is 1200 g/mol. The number of hydrogen-bond donors (Lipinski definition) is 1. The molecule has 0 aromatic heterocycles. The van der Waals surface area contributed by atoms with E-state index in [1.165, 1.54) is 263 Å². The molecule has 0 aromatic rings. The van der Waals surface area contributed by atoms with Crippen LogP contribution >= 0.6 is 7.82 Å². The number of phosphoric acid groups is 1. The molecule has 0 bridgehead atoms. The van der Waals surface area contributed by atoms with Crippen molar-refractivity contribution in [2.45, 2.75) is 373 Å². The van der Waals surface area contributed by atoms with Crippen molar-refractivity contribution in [3.8, 4) is 0 Å². The number of carbonyl (C=O) groups is 2. The molecule has 0 saturated carbocycles. The first kappa shape index (κ1) is 82.0. The first-order chi connectivity index (χ1) is 40.9. The van der Waals surface area contributed by atoms with Crippen molar-refractivity contribution in [1.29, 1.82) is 0 Å². The monoisotopic (exact) mass is 1200 g/mol. The van der Waals surface area contributed by atoms with Gasteiger partial charge in [0.1, 0.15) is 19.3 Å². The number of carbonyl (C=O) groups excluding carboxylic acids is 2. The second kappa shape index (κ2) is 64.0. The third-order valence-corrected chi connectivity index (χ3v) is 17.4. The SMILES string of the molecule is CCCCC/C=C\C/C=C\CCCCCCCCCCCCCCCC(=O)OC(/C=C/CCCCCCCCCCCC)C(COP(=O)([O-])OCC[N+](C)(C)C)NC(=O)CCCCCCCCCCCCCCC/C=C/CCCCCCCC. The zero-order valence-corrected chi connectivity index (χ0v) is 57.5. The Morgan fingerprint density at radius 3 is 1.11 bits per heavy atom. The number of hydrogen-bond acceptors (Lipinski definition) is 7. The van der Waals surface area contributed by atoms with E-state index in [1.54, 1.807) is 0 Å². The van der Waals surface area contributed by atoms with Gasteiger partial charge < -0.3 is 28.5 Å². The van der Waals surface area contributed by atoms with Gasteiger partial charge >= 0.3 is 5.97 Å². The number of unbranched alkanes of at least 4 members (excludes halogenated alkanes) is 45. The first-order valence-corrected chi connectivity index (χ1v) is 37.9. The van der Waals surface area contributed by atoms with Crippen molar-refractivity contribution in [2.75, 3.05) is 40.9 Å². The summed E-state index contributed by atoms with van der Waals surface area (Å²) in [6.45, 7) is 6.87. The summed E-state index contributed by atoms with van der Waals surface area (Å²) in [7, 11) is 1.20. The van der Waals surface area contributed by atoms with Gasteiger partial charge in [0.25, 0.3) is 7.82 Å². The highest BCUT2D eigenvalue weighted by molar-refractivity contribution is 7.45. The van der Waals surface area contributed by atoms with Crippen LogP contribution in [0.15, 0.2) is 48.6 Å². The van der Waals surface area contributed by atoms with Gasteiger partial charge in [-0.15, -0.1) is 0 Å². The van der Waals surface area contributed by atoms with Gasteiger partial charge in [-0.05, 0) is 89.5 Å². The van der Waals surface area contributed by atoms with Gasteiger partial charge in [0.15, 0.2) is 0 Å². The highest BCUT2D eigenvalue weighted by Crippen LogP contribution is 2.38. The fourth-order valence-corrected chi connectivity index (χ4v) is 11.6. The molecule has 9 nitrogen and oxygen atoms in total. The number of quaternary nitrogens is 1. The summed E-state index contributed by atoms with van der Waals surface area (Å²) >= 11 is 0. The summed E-state index contributed by atoms with van der Waals surface area (Å²) in [6, 6.07) is -0.888. The van der Waals surface area contributed by atoms with E-state index in [0.717, 1.165) is 64.2 Å². The Morgan fingerprint density at radius 2 is 0.726 bits per heavy atom. The summed E-state index contributed by atoms with van der Waals surface area (Å²) in [5.74, 6) is -0.525. The normalized spacial score (nSPS) is 13.8. The summed E-state index contributed by atoms with van der Waals surface area (Å²) in [6.07, 6.45) is 80.9. The van der Waals surface area contributed by atoms with E-state index in [1.807, 2.05) is 33.3 Å².